The second-order valence-electron chi connectivity index (χ2n) is 19.6. The van der Waals surface area contributed by atoms with Crippen LogP contribution < -0.4 is 49.1 Å². The Bertz CT molecular complexity index is 2920. The number of aliphatic hydroxyl groups is 1. The molecular weight excluding hydrogens is 989 g/mol. The largest absolute Gasteiger partial charge is 0.508 e. The van der Waals surface area contributed by atoms with Crippen LogP contribution in [-0.2, 0) is 57.6 Å². The summed E-state index contributed by atoms with van der Waals surface area (Å²) in [6, 6.07) is 18.9. The van der Waals surface area contributed by atoms with Gasteiger partial charge in [0.15, 0.2) is 5.96 Å². The number of nitrogens with zero attached hydrogens (tertiary/aromatic N) is 2. The summed E-state index contributed by atoms with van der Waals surface area (Å²) >= 11 is 0. The van der Waals surface area contributed by atoms with Gasteiger partial charge >= 0.3 is 0 Å². The van der Waals surface area contributed by atoms with Crippen LogP contribution in [0.2, 0.25) is 0 Å². The van der Waals surface area contributed by atoms with E-state index in [0.717, 1.165) is 27.2 Å². The zero-order valence-corrected chi connectivity index (χ0v) is 43.3. The van der Waals surface area contributed by atoms with Gasteiger partial charge < -0.3 is 69.2 Å². The number of benzene rings is 4. The number of carbonyl (C=O) groups excluding carboxylic acids is 8. The van der Waals surface area contributed by atoms with Crippen LogP contribution in [-0.4, -0.2) is 136 Å². The fourth-order valence-corrected chi connectivity index (χ4v) is 9.28. The monoisotopic (exact) mass is 1060 g/mol. The second-order valence-corrected chi connectivity index (χ2v) is 19.6. The molecule has 6 atom stereocenters. The first-order valence-corrected chi connectivity index (χ1v) is 25.7. The van der Waals surface area contributed by atoms with Crippen LogP contribution in [0.5, 0.6) is 5.75 Å². The van der Waals surface area contributed by atoms with Crippen LogP contribution in [0.25, 0.3) is 21.7 Å². The van der Waals surface area contributed by atoms with Crippen LogP contribution in [0.15, 0.2) is 102 Å². The van der Waals surface area contributed by atoms with Gasteiger partial charge in [0, 0.05) is 49.5 Å². The minimum absolute atomic E-state index is 0.0157. The third-order valence-electron chi connectivity index (χ3n) is 13.2. The molecule has 0 saturated carbocycles. The van der Waals surface area contributed by atoms with Crippen molar-refractivity contribution in [3.63, 3.8) is 0 Å². The highest BCUT2D eigenvalue weighted by Gasteiger charge is 2.39. The van der Waals surface area contributed by atoms with Gasteiger partial charge in [0.25, 0.3) is 0 Å². The number of aromatic amines is 1. The van der Waals surface area contributed by atoms with Gasteiger partial charge in [-0.2, -0.15) is 0 Å². The predicted molar refractivity (Wildman–Crippen MR) is 289 cm³/mol. The number of phenolic OH excluding ortho intramolecular Hbond substituents is 1. The Hall–Kier alpha value is -8.53. The summed E-state index contributed by atoms with van der Waals surface area (Å²) in [7, 11) is 0. The molecule has 0 spiro atoms. The van der Waals surface area contributed by atoms with Crippen molar-refractivity contribution in [3.8, 4) is 5.75 Å². The molecule has 4 aromatic carbocycles. The number of aromatic hydroxyl groups is 1. The molecule has 1 aliphatic rings. The van der Waals surface area contributed by atoms with Crippen molar-refractivity contribution in [3.05, 3.63) is 114 Å². The van der Waals surface area contributed by atoms with E-state index in [-0.39, 0.29) is 69.2 Å². The van der Waals surface area contributed by atoms with E-state index < -0.39 is 96.7 Å². The molecule has 0 bridgehead atoms. The molecular formula is C55H70N12O10. The normalized spacial score (nSPS) is 15.1. The smallest absolute Gasteiger partial charge is 0.245 e. The number of aryl methyl sites for hydroxylation is 1. The fourth-order valence-electron chi connectivity index (χ4n) is 9.28. The molecule has 1 aromatic heterocycles. The molecule has 22 heteroatoms. The summed E-state index contributed by atoms with van der Waals surface area (Å²) in [6.45, 7) is 2.73. The summed E-state index contributed by atoms with van der Waals surface area (Å²) < 4.78 is 0. The third-order valence-corrected chi connectivity index (χ3v) is 13.2. The first kappa shape index (κ1) is 57.7. The molecule has 15 N–H and O–H groups in total. The number of primary amides is 1. The molecule has 8 amide bonds. The summed E-state index contributed by atoms with van der Waals surface area (Å²) in [5.41, 5.74) is 19.3. The maximum atomic E-state index is 14.8. The van der Waals surface area contributed by atoms with Gasteiger partial charge in [-0.1, -0.05) is 86.6 Å². The fraction of sp³-hybridized carbons (Fsp3) is 0.400. The number of H-pyrrole nitrogens is 1. The summed E-state index contributed by atoms with van der Waals surface area (Å²) in [4.78, 5) is 119. The summed E-state index contributed by atoms with van der Waals surface area (Å²) in [6.07, 6.45) is 3.00. The van der Waals surface area contributed by atoms with Crippen molar-refractivity contribution < 1.29 is 48.6 Å². The van der Waals surface area contributed by atoms with E-state index in [4.69, 9.17) is 17.2 Å². The quantitative estimate of drug-likeness (QED) is 0.0195. The van der Waals surface area contributed by atoms with Gasteiger partial charge in [0.05, 0.1) is 13.2 Å². The molecule has 5 aromatic rings. The number of hydrogen-bond acceptors (Lipinski definition) is 11. The first-order valence-electron chi connectivity index (χ1n) is 25.7. The molecule has 1 aliphatic heterocycles. The number of amides is 8. The molecule has 6 rings (SSSR count). The van der Waals surface area contributed by atoms with Crippen LogP contribution in [0.1, 0.15) is 69.1 Å². The zero-order chi connectivity index (χ0) is 55.6. The maximum Gasteiger partial charge on any atom is 0.245 e. The van der Waals surface area contributed by atoms with Crippen molar-refractivity contribution in [2.24, 2.45) is 28.1 Å². The van der Waals surface area contributed by atoms with Crippen LogP contribution in [0, 0.1) is 5.92 Å². The van der Waals surface area contributed by atoms with Gasteiger partial charge in [-0.05, 0) is 90.1 Å². The molecule has 77 heavy (non-hydrogen) atoms. The number of phenols is 1. The molecule has 410 valence electrons. The van der Waals surface area contributed by atoms with Crippen molar-refractivity contribution in [2.45, 2.75) is 108 Å². The number of aliphatic hydroxyl groups excluding tert-OH is 1. The number of nitrogens with two attached hydrogens (primary N) is 3. The number of aliphatic imine (C=N–C) groups is 1. The Labute approximate surface area is 445 Å². The van der Waals surface area contributed by atoms with Crippen molar-refractivity contribution in [1.29, 1.82) is 0 Å². The minimum atomic E-state index is -1.47. The predicted octanol–water partition coefficient (Wildman–Crippen LogP) is 0.553. The molecule has 0 radical (unpaired) electrons. The van der Waals surface area contributed by atoms with E-state index in [0.29, 0.717) is 30.4 Å². The van der Waals surface area contributed by atoms with Crippen molar-refractivity contribution in [2.75, 3.05) is 26.2 Å². The number of fused-ring (bicyclic) bond motifs is 2. The number of carbonyl (C=O) groups is 8. The Morgan fingerprint density at radius 1 is 0.727 bits per heavy atom. The Morgan fingerprint density at radius 3 is 2.01 bits per heavy atom. The van der Waals surface area contributed by atoms with Gasteiger partial charge in [-0.15, -0.1) is 0 Å². The van der Waals surface area contributed by atoms with Crippen LogP contribution >= 0.6 is 0 Å². The number of aromatic nitrogens is 1. The Kier molecular flexibility index (Phi) is 20.9. The van der Waals surface area contributed by atoms with Gasteiger partial charge in [0.2, 0.25) is 47.3 Å². The van der Waals surface area contributed by atoms with Crippen LogP contribution in [0.4, 0.5) is 0 Å². The molecule has 0 aliphatic carbocycles. The minimum Gasteiger partial charge on any atom is -0.508 e. The van der Waals surface area contributed by atoms with Crippen molar-refractivity contribution in [1.82, 2.24) is 41.8 Å². The molecule has 6 unspecified atom stereocenters. The highest BCUT2D eigenvalue weighted by atomic mass is 16.3. The standard InChI is InChI=1S/C55H70N12O10/c1-32(2)25-42(49(72)63-41(13-7-23-59-55(57)58)54(77)67-24-8-14-46(67)53(76)61-30-47(56)70)64-51(74)44(28-34-15-18-35-9-3-4-10-36(35)26-34)65-50(73)43(27-33-16-20-38(69)21-17-33)66-52(75)45(31-68)62-48(71)22-19-37-29-60-40-12-6-5-11-39(37)40/h3-6,9-12,15-18,20-21,26,29,32,41-46,60,68-69H,7-8,13-14,19,22-25,27-28,30-31H2,1-2H3,(H2,56,70)(H,61,76)(H,62,71)(H,63,72)(H,64,74)(H,65,73)(H,66,75)(H4,57,58,59). The lowest BCUT2D eigenvalue weighted by Gasteiger charge is -2.30. The Morgan fingerprint density at radius 2 is 1.34 bits per heavy atom. The highest BCUT2D eigenvalue weighted by Crippen LogP contribution is 2.22. The van der Waals surface area contributed by atoms with E-state index in [1.165, 1.54) is 17.0 Å². The number of likely N-dealkylation sites (tertiary alicyclic amines) is 1. The highest BCUT2D eigenvalue weighted by molar-refractivity contribution is 5.98. The second kappa shape index (κ2) is 27.8. The number of rotatable bonds is 27. The third kappa shape index (κ3) is 17.0. The number of hydrogen-bond donors (Lipinski definition) is 12. The van der Waals surface area contributed by atoms with Gasteiger partial charge in [0.1, 0.15) is 42.0 Å². The lowest BCUT2D eigenvalue weighted by molar-refractivity contribution is -0.142. The van der Waals surface area contributed by atoms with Gasteiger partial charge in [-0.25, -0.2) is 0 Å². The topological polar surface area (TPSA) is 359 Å². The average Bonchev–Trinajstić information content (AvgIpc) is 4.08. The first-order chi connectivity index (χ1) is 36.9. The molecule has 1 saturated heterocycles. The lowest BCUT2D eigenvalue weighted by Crippen LogP contribution is -2.60. The maximum absolute atomic E-state index is 14.8. The van der Waals surface area contributed by atoms with E-state index in [1.807, 2.05) is 74.5 Å². The van der Waals surface area contributed by atoms with Crippen LogP contribution in [0.3, 0.4) is 0 Å². The number of para-hydroxylation sites is 1. The number of guanidine groups is 1. The Balaban J connectivity index is 1.24. The summed E-state index contributed by atoms with van der Waals surface area (Å²) in [5, 5.41) is 39.3. The SMILES string of the molecule is CC(C)CC(NC(=O)C(Cc1ccc2ccccc2c1)NC(=O)C(Cc1ccc(O)cc1)NC(=O)C(CO)NC(=O)CCc1c[nH]c2ccccc12)C(=O)NC(CCCN=C(N)N)C(=O)N1CCCC1C(=O)NCC(N)=O. The number of nitrogens with one attached hydrogen (secondary N) is 7. The summed E-state index contributed by atoms with van der Waals surface area (Å²) in [5.74, 6) is -6.08. The molecule has 2 heterocycles. The zero-order valence-electron chi connectivity index (χ0n) is 43.3. The van der Waals surface area contributed by atoms with E-state index >= 15 is 0 Å². The van der Waals surface area contributed by atoms with Gasteiger partial charge in [-0.3, -0.25) is 43.3 Å². The van der Waals surface area contributed by atoms with Crippen molar-refractivity contribution >= 4 is 74.9 Å². The molecule has 1 fully saturated rings. The van der Waals surface area contributed by atoms with E-state index in [2.05, 4.69) is 41.9 Å². The lowest BCUT2D eigenvalue weighted by atomic mass is 9.98. The average molecular weight is 1060 g/mol. The molecule has 22 nitrogen and oxygen atoms in total. The van der Waals surface area contributed by atoms with E-state index in [9.17, 15) is 48.6 Å². The van der Waals surface area contributed by atoms with E-state index in [1.54, 1.807) is 24.4 Å².